The maximum Gasteiger partial charge on any atom is 0.267 e. The molecule has 1 atom stereocenters. The zero-order valence-corrected chi connectivity index (χ0v) is 14.7. The number of rotatable bonds is 5. The fraction of sp³-hybridized carbons (Fsp3) is 0.250. The van der Waals surface area contributed by atoms with Crippen molar-refractivity contribution in [2.24, 2.45) is 0 Å². The molecule has 21 heavy (non-hydrogen) atoms. The van der Waals surface area contributed by atoms with Gasteiger partial charge in [-0.05, 0) is 54.0 Å². The zero-order valence-electron chi connectivity index (χ0n) is 12.1. The molecule has 112 valence electrons. The maximum absolute atomic E-state index is 10.7. The molecule has 0 aliphatic heterocycles. The average molecular weight is 338 g/mol. The Kier molecular flexibility index (Phi) is 5.50. The van der Waals surface area contributed by atoms with Crippen LogP contribution in [0.2, 0.25) is 0 Å². The number of hydrogen-bond acceptors (Lipinski definition) is 3. The first-order chi connectivity index (χ1) is 9.99. The molecule has 0 spiro atoms. The molecule has 0 bridgehead atoms. The van der Waals surface area contributed by atoms with Crippen molar-refractivity contribution in [3.05, 3.63) is 53.6 Å². The van der Waals surface area contributed by atoms with Crippen molar-refractivity contribution in [3.8, 4) is 5.75 Å². The van der Waals surface area contributed by atoms with Crippen LogP contribution in [0.15, 0.2) is 47.4 Å². The fourth-order valence-corrected chi connectivity index (χ4v) is 4.98. The van der Waals surface area contributed by atoms with E-state index in [1.165, 1.54) is 5.56 Å². The minimum atomic E-state index is -3.12. The summed E-state index contributed by atoms with van der Waals surface area (Å²) in [7, 11) is 0. The minimum Gasteiger partial charge on any atom is -0.440 e. The lowest BCUT2D eigenvalue weighted by molar-refractivity contribution is 0.491. The van der Waals surface area contributed by atoms with Crippen molar-refractivity contribution in [2.45, 2.75) is 31.6 Å². The van der Waals surface area contributed by atoms with Crippen LogP contribution in [0.3, 0.4) is 0 Å². The third kappa shape index (κ3) is 3.70. The lowest BCUT2D eigenvalue weighted by atomic mass is 10.0. The molecule has 2 nitrogen and oxygen atoms in total. The molecule has 0 fully saturated rings. The highest BCUT2D eigenvalue weighted by atomic mass is 32.5. The number of thiol groups is 1. The summed E-state index contributed by atoms with van der Waals surface area (Å²) in [4.78, 5) is 11.3. The van der Waals surface area contributed by atoms with E-state index in [9.17, 15) is 4.89 Å². The maximum atomic E-state index is 10.7. The molecule has 1 unspecified atom stereocenters. The van der Waals surface area contributed by atoms with Crippen LogP contribution in [0.25, 0.3) is 0 Å². The molecule has 2 aromatic rings. The Morgan fingerprint density at radius 3 is 2.43 bits per heavy atom. The van der Waals surface area contributed by atoms with Gasteiger partial charge in [0.1, 0.15) is 5.75 Å². The molecular formula is C16H19O2PS2. The minimum absolute atomic E-state index is 0.590. The highest BCUT2D eigenvalue weighted by Gasteiger charge is 2.22. The number of aryl methyl sites for hydroxylation is 1. The summed E-state index contributed by atoms with van der Waals surface area (Å²) in [5, 5.41) is 0.590. The molecule has 0 saturated carbocycles. The lowest BCUT2D eigenvalue weighted by Gasteiger charge is -2.21. The van der Waals surface area contributed by atoms with Crippen LogP contribution in [0.4, 0.5) is 0 Å². The SMILES string of the molecule is CCc1cccc(OP(O)(=S)c2ccccc2S)c1CC. The Labute approximate surface area is 136 Å². The standard InChI is InChI=1S/C16H19O2PS2/c1-3-12-8-7-9-14(13(12)4-2)18-19(17,21)15-10-5-6-11-16(15)20/h5-11,20H,3-4H2,1-2H3,(H,17,21). The van der Waals surface area contributed by atoms with Crippen molar-refractivity contribution in [1.29, 1.82) is 0 Å². The van der Waals surface area contributed by atoms with Gasteiger partial charge in [-0.1, -0.05) is 38.1 Å². The third-order valence-corrected chi connectivity index (χ3v) is 6.20. The van der Waals surface area contributed by atoms with E-state index >= 15 is 0 Å². The van der Waals surface area contributed by atoms with Gasteiger partial charge < -0.3 is 9.42 Å². The van der Waals surface area contributed by atoms with Gasteiger partial charge in [-0.15, -0.1) is 12.6 Å². The summed E-state index contributed by atoms with van der Waals surface area (Å²) in [5.74, 6) is 0.680. The van der Waals surface area contributed by atoms with Gasteiger partial charge in [-0.25, -0.2) is 0 Å². The first-order valence-corrected chi connectivity index (χ1v) is 10.0. The molecule has 2 rings (SSSR count). The summed E-state index contributed by atoms with van der Waals surface area (Å²) in [6.07, 6.45) is 1.77. The molecule has 0 heterocycles. The smallest absolute Gasteiger partial charge is 0.267 e. The Balaban J connectivity index is 2.42. The molecular weight excluding hydrogens is 319 g/mol. The van der Waals surface area contributed by atoms with Gasteiger partial charge in [0.25, 0.3) is 6.49 Å². The Morgan fingerprint density at radius 1 is 1.10 bits per heavy atom. The van der Waals surface area contributed by atoms with E-state index in [0.717, 1.165) is 18.4 Å². The van der Waals surface area contributed by atoms with Gasteiger partial charge >= 0.3 is 0 Å². The second-order valence-corrected chi connectivity index (χ2v) is 8.37. The van der Waals surface area contributed by atoms with E-state index in [0.29, 0.717) is 15.9 Å². The van der Waals surface area contributed by atoms with Gasteiger partial charge in [-0.2, -0.15) is 0 Å². The van der Waals surface area contributed by atoms with Gasteiger partial charge in [-0.3, -0.25) is 0 Å². The molecule has 0 radical (unpaired) electrons. The summed E-state index contributed by atoms with van der Waals surface area (Å²) >= 11 is 9.73. The van der Waals surface area contributed by atoms with E-state index in [-0.39, 0.29) is 0 Å². The molecule has 5 heteroatoms. The zero-order chi connectivity index (χ0) is 15.5. The van der Waals surface area contributed by atoms with Crippen molar-refractivity contribution in [1.82, 2.24) is 0 Å². The second kappa shape index (κ2) is 6.97. The summed E-state index contributed by atoms with van der Waals surface area (Å²) in [5.41, 5.74) is 2.34. The first-order valence-electron chi connectivity index (χ1n) is 6.91. The summed E-state index contributed by atoms with van der Waals surface area (Å²) in [6, 6.07) is 13.2. The van der Waals surface area contributed by atoms with E-state index in [1.807, 2.05) is 30.3 Å². The normalized spacial score (nSPS) is 13.7. The fourth-order valence-electron chi connectivity index (χ4n) is 2.31. The number of benzene rings is 2. The van der Waals surface area contributed by atoms with Crippen molar-refractivity contribution >= 4 is 36.2 Å². The Hall–Kier alpha value is -0.800. The van der Waals surface area contributed by atoms with Crippen molar-refractivity contribution in [3.63, 3.8) is 0 Å². The van der Waals surface area contributed by atoms with E-state index in [4.69, 9.17) is 16.3 Å². The Morgan fingerprint density at radius 2 is 1.81 bits per heavy atom. The van der Waals surface area contributed by atoms with Gasteiger partial charge in [0.2, 0.25) is 0 Å². The summed E-state index contributed by atoms with van der Waals surface area (Å²) < 4.78 is 5.87. The quantitative estimate of drug-likeness (QED) is 0.635. The van der Waals surface area contributed by atoms with Crippen LogP contribution in [0.5, 0.6) is 5.75 Å². The van der Waals surface area contributed by atoms with E-state index in [2.05, 4.69) is 32.5 Å². The van der Waals surface area contributed by atoms with Crippen LogP contribution in [0, 0.1) is 0 Å². The molecule has 0 aliphatic rings. The largest absolute Gasteiger partial charge is 0.440 e. The van der Waals surface area contributed by atoms with Gasteiger partial charge in [0.05, 0.1) is 5.30 Å². The molecule has 0 aromatic heterocycles. The second-order valence-electron chi connectivity index (χ2n) is 4.70. The molecule has 2 aromatic carbocycles. The van der Waals surface area contributed by atoms with E-state index < -0.39 is 6.49 Å². The van der Waals surface area contributed by atoms with Crippen LogP contribution in [-0.4, -0.2) is 4.89 Å². The van der Waals surface area contributed by atoms with E-state index in [1.54, 1.807) is 6.07 Å². The van der Waals surface area contributed by atoms with Gasteiger partial charge in [0.15, 0.2) is 0 Å². The van der Waals surface area contributed by atoms with Crippen LogP contribution in [-0.2, 0) is 24.6 Å². The summed E-state index contributed by atoms with van der Waals surface area (Å²) in [6.45, 7) is 1.07. The molecule has 0 saturated heterocycles. The highest BCUT2D eigenvalue weighted by Crippen LogP contribution is 2.45. The van der Waals surface area contributed by atoms with Gasteiger partial charge in [0, 0.05) is 4.90 Å². The predicted octanol–water partition coefficient (Wildman–Crippen LogP) is 4.11. The monoisotopic (exact) mass is 338 g/mol. The average Bonchev–Trinajstić information content (AvgIpc) is 2.46. The first kappa shape index (κ1) is 16.6. The predicted molar refractivity (Wildman–Crippen MR) is 95.7 cm³/mol. The molecule has 1 N–H and O–H groups in total. The van der Waals surface area contributed by atoms with Crippen LogP contribution < -0.4 is 9.83 Å². The van der Waals surface area contributed by atoms with Crippen molar-refractivity contribution in [2.75, 3.05) is 0 Å². The lowest BCUT2D eigenvalue weighted by Crippen LogP contribution is -2.11. The van der Waals surface area contributed by atoms with Crippen molar-refractivity contribution < 1.29 is 9.42 Å². The topological polar surface area (TPSA) is 29.5 Å². The highest BCUT2D eigenvalue weighted by molar-refractivity contribution is 8.13. The molecule has 0 aliphatic carbocycles. The third-order valence-electron chi connectivity index (χ3n) is 3.37. The van der Waals surface area contributed by atoms with Crippen LogP contribution in [0.1, 0.15) is 25.0 Å². The Bertz CT molecular complexity index is 686. The van der Waals surface area contributed by atoms with Crippen LogP contribution >= 0.6 is 19.1 Å². The number of hydrogen-bond donors (Lipinski definition) is 2. The molecule has 0 amide bonds.